The van der Waals surface area contributed by atoms with Crippen LogP contribution in [0.25, 0.3) is 0 Å². The SMILES string of the molecule is C[C@H](COC(=O)NS(=O)(=O)c1ccc2c(c1)CCC(C)(C)O2)C1CC[C@H]2[C@@H]3[C@H](O)CC4CC(O[Si](C)(C)C(C)(C)C)CCC4(C)[C@H]3CCC12C. The molecule has 10 heteroatoms. The molecule has 50 heavy (non-hydrogen) atoms. The van der Waals surface area contributed by atoms with Gasteiger partial charge in [0.15, 0.2) is 8.32 Å². The molecule has 1 aromatic carbocycles. The summed E-state index contributed by atoms with van der Waals surface area (Å²) in [5.41, 5.74) is 0.818. The van der Waals surface area contributed by atoms with Crippen molar-refractivity contribution in [2.75, 3.05) is 6.61 Å². The van der Waals surface area contributed by atoms with Gasteiger partial charge in [-0.1, -0.05) is 41.5 Å². The van der Waals surface area contributed by atoms with Crippen molar-refractivity contribution >= 4 is 24.4 Å². The molecule has 5 aliphatic rings. The molecular weight excluding hydrogens is 667 g/mol. The highest BCUT2D eigenvalue weighted by molar-refractivity contribution is 7.90. The number of carbonyl (C=O) groups excluding carboxylic acids is 1. The fourth-order valence-corrected chi connectivity index (χ4v) is 13.5. The minimum Gasteiger partial charge on any atom is -0.488 e. The first-order valence-electron chi connectivity index (χ1n) is 19.4. The average molecular weight is 732 g/mol. The minimum atomic E-state index is -4.09. The number of benzene rings is 1. The number of aryl methyl sites for hydroxylation is 1. The van der Waals surface area contributed by atoms with Crippen molar-refractivity contribution in [1.82, 2.24) is 4.72 Å². The molecule has 0 radical (unpaired) electrons. The van der Waals surface area contributed by atoms with Gasteiger partial charge in [0.25, 0.3) is 10.0 Å². The van der Waals surface area contributed by atoms with Gasteiger partial charge in [-0.15, -0.1) is 0 Å². The number of nitrogens with one attached hydrogen (secondary N) is 1. The van der Waals surface area contributed by atoms with Crippen molar-refractivity contribution in [1.29, 1.82) is 0 Å². The molecule has 1 amide bonds. The van der Waals surface area contributed by atoms with Gasteiger partial charge in [-0.2, -0.15) is 0 Å². The molecule has 282 valence electrons. The summed E-state index contributed by atoms with van der Waals surface area (Å²) in [7, 11) is -5.94. The molecule has 0 aromatic heterocycles. The molecule has 8 nitrogen and oxygen atoms in total. The normalized spacial score (nSPS) is 37.3. The zero-order chi connectivity index (χ0) is 36.7. The smallest absolute Gasteiger partial charge is 0.421 e. The molecule has 6 rings (SSSR count). The number of ether oxygens (including phenoxy) is 2. The van der Waals surface area contributed by atoms with Gasteiger partial charge in [0.1, 0.15) is 11.4 Å². The second-order valence-electron chi connectivity index (χ2n) is 19.6. The van der Waals surface area contributed by atoms with E-state index in [0.717, 1.165) is 56.9 Å². The number of sulfonamides is 1. The number of carbonyl (C=O) groups is 1. The number of amides is 1. The van der Waals surface area contributed by atoms with Crippen molar-refractivity contribution in [2.24, 2.45) is 46.3 Å². The van der Waals surface area contributed by atoms with Crippen LogP contribution in [0.5, 0.6) is 5.75 Å². The van der Waals surface area contributed by atoms with E-state index in [1.165, 1.54) is 12.5 Å². The van der Waals surface area contributed by atoms with E-state index in [4.69, 9.17) is 13.9 Å². The highest BCUT2D eigenvalue weighted by atomic mass is 32.2. The number of rotatable bonds is 7. The number of aliphatic hydroxyl groups excluding tert-OH is 1. The van der Waals surface area contributed by atoms with Gasteiger partial charge in [0.2, 0.25) is 0 Å². The third-order valence-corrected chi connectivity index (χ3v) is 20.9. The Hall–Kier alpha value is -1.62. The minimum absolute atomic E-state index is 0.0334. The van der Waals surface area contributed by atoms with E-state index in [0.29, 0.717) is 47.9 Å². The Morgan fingerprint density at radius 1 is 1.02 bits per heavy atom. The first kappa shape index (κ1) is 38.1. The van der Waals surface area contributed by atoms with Gasteiger partial charge < -0.3 is 19.0 Å². The average Bonchev–Trinajstić information content (AvgIpc) is 3.36. The van der Waals surface area contributed by atoms with Crippen molar-refractivity contribution in [3.63, 3.8) is 0 Å². The zero-order valence-electron chi connectivity index (χ0n) is 32.4. The summed E-state index contributed by atoms with van der Waals surface area (Å²) >= 11 is 0. The lowest BCUT2D eigenvalue weighted by Gasteiger charge is -2.63. The van der Waals surface area contributed by atoms with Crippen LogP contribution in [0.3, 0.4) is 0 Å². The maximum Gasteiger partial charge on any atom is 0.421 e. The van der Waals surface area contributed by atoms with Gasteiger partial charge in [-0.05, 0) is 166 Å². The molecule has 1 aromatic rings. The highest BCUT2D eigenvalue weighted by Gasteiger charge is 2.63. The fourth-order valence-electron chi connectivity index (χ4n) is 11.2. The van der Waals surface area contributed by atoms with Crippen LogP contribution in [-0.4, -0.2) is 52.4 Å². The lowest BCUT2D eigenvalue weighted by molar-refractivity contribution is -0.173. The van der Waals surface area contributed by atoms with E-state index in [1.54, 1.807) is 12.1 Å². The van der Waals surface area contributed by atoms with Gasteiger partial charge in [-0.3, -0.25) is 0 Å². The van der Waals surface area contributed by atoms with Crippen molar-refractivity contribution in [3.05, 3.63) is 23.8 Å². The molecule has 4 fully saturated rings. The Morgan fingerprint density at radius 3 is 2.40 bits per heavy atom. The van der Waals surface area contributed by atoms with Gasteiger partial charge in [0.05, 0.1) is 17.6 Å². The van der Waals surface area contributed by atoms with Crippen LogP contribution in [0.15, 0.2) is 23.1 Å². The number of aliphatic hydroxyl groups is 1. The number of hydrogen-bond donors (Lipinski definition) is 2. The molecule has 4 saturated carbocycles. The van der Waals surface area contributed by atoms with Gasteiger partial charge >= 0.3 is 6.09 Å². The quantitative estimate of drug-likeness (QED) is 0.270. The summed E-state index contributed by atoms with van der Waals surface area (Å²) in [6.45, 7) is 22.9. The predicted octanol–water partition coefficient (Wildman–Crippen LogP) is 8.86. The Balaban J connectivity index is 1.06. The van der Waals surface area contributed by atoms with Crippen LogP contribution in [0.2, 0.25) is 18.1 Å². The van der Waals surface area contributed by atoms with E-state index >= 15 is 0 Å². The monoisotopic (exact) mass is 731 g/mol. The first-order valence-corrected chi connectivity index (χ1v) is 23.8. The summed E-state index contributed by atoms with van der Waals surface area (Å²) in [5, 5.41) is 12.1. The summed E-state index contributed by atoms with van der Waals surface area (Å²) in [6.07, 6.45) is 9.16. The standard InChI is InChI=1S/C40H65NO7SSi/c1-25(24-46-36(43)41-49(44,45)29-11-14-34-26(21-29)15-18-38(5,6)47-34)30-12-13-31-35-32(17-20-40(30,31)8)39(7)19-16-28(22-27(39)23-33(35)42)48-50(9,10)37(2,3)4/h11,14,21,25,27-28,30-33,35,42H,12-13,15-20,22-24H2,1-10H3,(H,41,43)/t25-,27?,28?,30?,31+,32+,33-,35+,39?,40?/m1/s1. The molecule has 4 aliphatic carbocycles. The van der Waals surface area contributed by atoms with E-state index in [9.17, 15) is 18.3 Å². The van der Waals surface area contributed by atoms with Crippen LogP contribution >= 0.6 is 0 Å². The maximum atomic E-state index is 13.1. The largest absolute Gasteiger partial charge is 0.488 e. The number of hydrogen-bond acceptors (Lipinski definition) is 7. The summed E-state index contributed by atoms with van der Waals surface area (Å²) < 4.78 is 46.9. The van der Waals surface area contributed by atoms with Gasteiger partial charge in [0, 0.05) is 6.10 Å². The molecule has 2 N–H and O–H groups in total. The van der Waals surface area contributed by atoms with Gasteiger partial charge in [-0.25, -0.2) is 17.9 Å². The third-order valence-electron chi connectivity index (χ3n) is 15.1. The van der Waals surface area contributed by atoms with Crippen molar-refractivity contribution < 1.29 is 32.2 Å². The molecular formula is C40H65NO7SSi. The number of fused-ring (bicyclic) bond motifs is 6. The molecule has 10 atom stereocenters. The second kappa shape index (κ2) is 13.0. The zero-order valence-corrected chi connectivity index (χ0v) is 34.3. The Bertz CT molecular complexity index is 1550. The Labute approximate surface area is 303 Å². The van der Waals surface area contributed by atoms with Crippen LogP contribution in [0.4, 0.5) is 4.79 Å². The lowest BCUT2D eigenvalue weighted by Crippen LogP contribution is -2.59. The summed E-state index contributed by atoms with van der Waals surface area (Å²) in [5.74, 6) is 2.85. The predicted molar refractivity (Wildman–Crippen MR) is 199 cm³/mol. The molecule has 0 bridgehead atoms. The van der Waals surface area contributed by atoms with Crippen LogP contribution in [0.1, 0.15) is 119 Å². The van der Waals surface area contributed by atoms with Crippen LogP contribution in [0, 0.1) is 46.3 Å². The van der Waals surface area contributed by atoms with Crippen molar-refractivity contribution in [2.45, 2.75) is 160 Å². The molecule has 0 saturated heterocycles. The second-order valence-corrected chi connectivity index (χ2v) is 26.1. The summed E-state index contributed by atoms with van der Waals surface area (Å²) in [4.78, 5) is 12.9. The van der Waals surface area contributed by atoms with E-state index in [1.807, 2.05) is 13.8 Å². The van der Waals surface area contributed by atoms with Crippen LogP contribution < -0.4 is 9.46 Å². The molecule has 5 unspecified atom stereocenters. The summed E-state index contributed by atoms with van der Waals surface area (Å²) in [6, 6.07) is 4.74. The van der Waals surface area contributed by atoms with Crippen molar-refractivity contribution in [3.8, 4) is 5.75 Å². The molecule has 1 heterocycles. The topological polar surface area (TPSA) is 111 Å². The Kier molecular flexibility index (Phi) is 9.94. The maximum absolute atomic E-state index is 13.1. The molecule has 0 spiro atoms. The fraction of sp³-hybridized carbons (Fsp3) is 0.825. The molecule has 1 aliphatic heterocycles. The van der Waals surface area contributed by atoms with E-state index in [2.05, 4.69) is 59.4 Å². The lowest BCUT2D eigenvalue weighted by atomic mass is 9.43. The van der Waals surface area contributed by atoms with Crippen LogP contribution in [-0.2, 0) is 25.6 Å². The first-order chi connectivity index (χ1) is 23.1. The Morgan fingerprint density at radius 2 is 1.70 bits per heavy atom. The third kappa shape index (κ3) is 6.93. The highest BCUT2D eigenvalue weighted by Crippen LogP contribution is 2.68. The van der Waals surface area contributed by atoms with E-state index < -0.39 is 24.4 Å². The van der Waals surface area contributed by atoms with E-state index in [-0.39, 0.29) is 45.0 Å².